The molecule has 3 aromatic carbocycles. The molecule has 0 saturated carbocycles. The van der Waals surface area contributed by atoms with Gasteiger partial charge in [-0.25, -0.2) is 17.2 Å². The van der Waals surface area contributed by atoms with E-state index in [4.69, 9.17) is 0 Å². The average Bonchev–Trinajstić information content (AvgIpc) is 3.23. The highest BCUT2D eigenvalue weighted by Gasteiger charge is 2.29. The number of nitrogens with one attached hydrogen (secondary N) is 1. The van der Waals surface area contributed by atoms with Crippen LogP contribution in [0.5, 0.6) is 0 Å². The first-order valence-electron chi connectivity index (χ1n) is 10.2. The maximum absolute atomic E-state index is 14.3. The SMILES string of the molecule is O=C(CN(Cc1ccc(F)cc1)S(=O)(=O)c1ccccc1F)Nc1ccc2c(c1)CCC2. The van der Waals surface area contributed by atoms with Crippen LogP contribution in [0, 0.1) is 11.6 Å². The van der Waals surface area contributed by atoms with Crippen molar-refractivity contribution in [2.24, 2.45) is 0 Å². The fraction of sp³-hybridized carbons (Fsp3) is 0.208. The normalized spacial score (nSPS) is 13.2. The van der Waals surface area contributed by atoms with E-state index >= 15 is 0 Å². The largest absolute Gasteiger partial charge is 0.325 e. The van der Waals surface area contributed by atoms with Crippen molar-refractivity contribution in [3.8, 4) is 0 Å². The molecule has 1 N–H and O–H groups in total. The molecule has 0 unspecified atom stereocenters. The Morgan fingerprint density at radius 1 is 0.938 bits per heavy atom. The Labute approximate surface area is 185 Å². The summed E-state index contributed by atoms with van der Waals surface area (Å²) in [7, 11) is -4.33. The smallest absolute Gasteiger partial charge is 0.246 e. The van der Waals surface area contributed by atoms with Gasteiger partial charge in [-0.15, -0.1) is 0 Å². The lowest BCUT2D eigenvalue weighted by Gasteiger charge is -2.22. The monoisotopic (exact) mass is 456 g/mol. The number of sulfonamides is 1. The van der Waals surface area contributed by atoms with Gasteiger partial charge in [0, 0.05) is 12.2 Å². The van der Waals surface area contributed by atoms with Crippen LogP contribution in [0.3, 0.4) is 0 Å². The van der Waals surface area contributed by atoms with E-state index in [0.717, 1.165) is 35.7 Å². The number of benzene rings is 3. The predicted molar refractivity (Wildman–Crippen MR) is 117 cm³/mol. The van der Waals surface area contributed by atoms with E-state index in [0.29, 0.717) is 11.3 Å². The zero-order valence-corrected chi connectivity index (χ0v) is 18.0. The molecule has 32 heavy (non-hydrogen) atoms. The van der Waals surface area contributed by atoms with Crippen molar-refractivity contribution in [1.82, 2.24) is 4.31 Å². The van der Waals surface area contributed by atoms with Crippen LogP contribution in [0.15, 0.2) is 71.6 Å². The van der Waals surface area contributed by atoms with E-state index in [1.165, 1.54) is 47.5 Å². The molecule has 1 amide bonds. The summed E-state index contributed by atoms with van der Waals surface area (Å²) in [6, 6.07) is 15.9. The summed E-state index contributed by atoms with van der Waals surface area (Å²) in [4.78, 5) is 12.2. The molecule has 1 aliphatic carbocycles. The molecule has 166 valence electrons. The molecule has 0 spiro atoms. The van der Waals surface area contributed by atoms with Gasteiger partial charge < -0.3 is 5.32 Å². The molecule has 0 radical (unpaired) electrons. The number of hydrogen-bond donors (Lipinski definition) is 1. The van der Waals surface area contributed by atoms with Crippen LogP contribution in [0.25, 0.3) is 0 Å². The number of halogens is 2. The number of fused-ring (bicyclic) bond motifs is 1. The third-order valence-electron chi connectivity index (χ3n) is 5.43. The molecule has 4 rings (SSSR count). The maximum Gasteiger partial charge on any atom is 0.246 e. The standard InChI is InChI=1S/C24H22F2N2O3S/c25-20-11-8-17(9-12-20)15-28(32(30,31)23-7-2-1-6-22(23)26)16-24(29)27-21-13-10-18-4-3-5-19(18)14-21/h1-2,6-14H,3-5,15-16H2,(H,27,29). The molecule has 1 aliphatic rings. The molecule has 0 saturated heterocycles. The van der Waals surface area contributed by atoms with Gasteiger partial charge in [0.2, 0.25) is 15.9 Å². The minimum atomic E-state index is -4.33. The Bertz CT molecular complexity index is 1240. The highest BCUT2D eigenvalue weighted by molar-refractivity contribution is 7.89. The van der Waals surface area contributed by atoms with Gasteiger partial charge in [-0.2, -0.15) is 4.31 Å². The lowest BCUT2D eigenvalue weighted by molar-refractivity contribution is -0.116. The third kappa shape index (κ3) is 4.87. The highest BCUT2D eigenvalue weighted by atomic mass is 32.2. The van der Waals surface area contributed by atoms with Crippen LogP contribution < -0.4 is 5.32 Å². The summed E-state index contributed by atoms with van der Waals surface area (Å²) in [5, 5.41) is 2.74. The Morgan fingerprint density at radius 2 is 1.66 bits per heavy atom. The molecule has 0 bridgehead atoms. The van der Waals surface area contributed by atoms with Crippen LogP contribution in [0.2, 0.25) is 0 Å². The Kier molecular flexibility index (Phi) is 6.34. The van der Waals surface area contributed by atoms with Crippen molar-refractivity contribution < 1.29 is 22.0 Å². The number of carbonyl (C=O) groups excluding carboxylic acids is 1. The number of amides is 1. The van der Waals surface area contributed by atoms with Crippen LogP contribution in [0.1, 0.15) is 23.1 Å². The summed E-state index contributed by atoms with van der Waals surface area (Å²) in [6.07, 6.45) is 3.02. The lowest BCUT2D eigenvalue weighted by atomic mass is 10.1. The van der Waals surface area contributed by atoms with Crippen molar-refractivity contribution in [2.75, 3.05) is 11.9 Å². The zero-order valence-electron chi connectivity index (χ0n) is 17.2. The van der Waals surface area contributed by atoms with Gasteiger partial charge in [0.25, 0.3) is 0 Å². The summed E-state index contributed by atoms with van der Waals surface area (Å²) >= 11 is 0. The quantitative estimate of drug-likeness (QED) is 0.577. The van der Waals surface area contributed by atoms with Crippen molar-refractivity contribution in [3.63, 3.8) is 0 Å². The number of anilines is 1. The van der Waals surface area contributed by atoms with Crippen LogP contribution in [-0.2, 0) is 34.2 Å². The van der Waals surface area contributed by atoms with Crippen LogP contribution in [0.4, 0.5) is 14.5 Å². The van der Waals surface area contributed by atoms with Gasteiger partial charge in [0.05, 0.1) is 6.54 Å². The van der Waals surface area contributed by atoms with Gasteiger partial charge in [-0.05, 0) is 72.4 Å². The Morgan fingerprint density at radius 3 is 2.41 bits per heavy atom. The number of aryl methyl sites for hydroxylation is 2. The minimum Gasteiger partial charge on any atom is -0.325 e. The van der Waals surface area contributed by atoms with Gasteiger partial charge in [0.15, 0.2) is 0 Å². The number of carbonyl (C=O) groups is 1. The molecule has 0 aliphatic heterocycles. The Balaban J connectivity index is 1.59. The molecule has 8 heteroatoms. The lowest BCUT2D eigenvalue weighted by Crippen LogP contribution is -2.38. The van der Waals surface area contributed by atoms with Crippen molar-refractivity contribution in [3.05, 3.63) is 95.1 Å². The molecule has 0 aromatic heterocycles. The zero-order chi connectivity index (χ0) is 22.7. The van der Waals surface area contributed by atoms with E-state index in [9.17, 15) is 22.0 Å². The van der Waals surface area contributed by atoms with Crippen LogP contribution >= 0.6 is 0 Å². The molecule has 0 heterocycles. The first kappa shape index (κ1) is 22.1. The van der Waals surface area contributed by atoms with Gasteiger partial charge in [-0.1, -0.05) is 30.3 Å². The molecule has 5 nitrogen and oxygen atoms in total. The fourth-order valence-corrected chi connectivity index (χ4v) is 5.27. The summed E-state index contributed by atoms with van der Waals surface area (Å²) in [5.74, 6) is -1.92. The van der Waals surface area contributed by atoms with E-state index in [1.54, 1.807) is 6.07 Å². The number of rotatable bonds is 7. The second-order valence-corrected chi connectivity index (χ2v) is 9.62. The second-order valence-electron chi connectivity index (χ2n) is 7.72. The Hall–Kier alpha value is -3.10. The van der Waals surface area contributed by atoms with Crippen LogP contribution in [-0.4, -0.2) is 25.2 Å². The summed E-state index contributed by atoms with van der Waals surface area (Å²) < 4.78 is 54.9. The highest BCUT2D eigenvalue weighted by Crippen LogP contribution is 2.25. The number of hydrogen-bond acceptors (Lipinski definition) is 3. The van der Waals surface area contributed by atoms with Crippen molar-refractivity contribution >= 4 is 21.6 Å². The first-order chi connectivity index (χ1) is 15.3. The first-order valence-corrected chi connectivity index (χ1v) is 11.7. The van der Waals surface area contributed by atoms with Gasteiger partial charge >= 0.3 is 0 Å². The third-order valence-corrected chi connectivity index (χ3v) is 7.25. The van der Waals surface area contributed by atoms with E-state index in [-0.39, 0.29) is 6.54 Å². The summed E-state index contributed by atoms with van der Waals surface area (Å²) in [6.45, 7) is -0.736. The van der Waals surface area contributed by atoms with Gasteiger partial charge in [-0.3, -0.25) is 4.79 Å². The van der Waals surface area contributed by atoms with E-state index < -0.39 is 39.0 Å². The van der Waals surface area contributed by atoms with E-state index in [1.807, 2.05) is 12.1 Å². The molecule has 0 fully saturated rings. The van der Waals surface area contributed by atoms with E-state index in [2.05, 4.69) is 5.32 Å². The average molecular weight is 457 g/mol. The fourth-order valence-electron chi connectivity index (χ4n) is 3.82. The van der Waals surface area contributed by atoms with Crippen molar-refractivity contribution in [1.29, 1.82) is 0 Å². The number of nitrogens with zero attached hydrogens (tertiary/aromatic N) is 1. The summed E-state index contributed by atoms with van der Waals surface area (Å²) in [5.41, 5.74) is 3.48. The van der Waals surface area contributed by atoms with Crippen molar-refractivity contribution in [2.45, 2.75) is 30.7 Å². The molecular weight excluding hydrogens is 434 g/mol. The minimum absolute atomic E-state index is 0.214. The molecule has 0 atom stereocenters. The maximum atomic E-state index is 14.3. The molecule has 3 aromatic rings. The second kappa shape index (κ2) is 9.18. The topological polar surface area (TPSA) is 66.5 Å². The van der Waals surface area contributed by atoms with Gasteiger partial charge in [0.1, 0.15) is 16.5 Å². The molecular formula is C24H22F2N2O3S. The predicted octanol–water partition coefficient (Wildman–Crippen LogP) is 4.28.